The highest BCUT2D eigenvalue weighted by atomic mass is 16.5. The van der Waals surface area contributed by atoms with Crippen LogP contribution < -0.4 is 9.47 Å². The molecule has 0 saturated carbocycles. The van der Waals surface area contributed by atoms with Crippen molar-refractivity contribution in [2.45, 2.75) is 13.0 Å². The molecule has 0 aliphatic rings. The third-order valence-corrected chi connectivity index (χ3v) is 3.04. The van der Waals surface area contributed by atoms with Gasteiger partial charge in [-0.3, -0.25) is 4.98 Å². The molecule has 2 aromatic rings. The lowest BCUT2D eigenvalue weighted by molar-refractivity contribution is 0.208. The molecule has 1 aromatic carbocycles. The highest BCUT2D eigenvalue weighted by Gasteiger charge is 2.19. The van der Waals surface area contributed by atoms with Crippen molar-refractivity contribution in [3.8, 4) is 11.5 Å². The first-order chi connectivity index (χ1) is 9.17. The molecule has 0 amide bonds. The maximum absolute atomic E-state index is 10.5. The second kappa shape index (κ2) is 5.71. The molecule has 1 N–H and O–H groups in total. The number of hydrogen-bond acceptors (Lipinski definition) is 4. The number of methoxy groups -OCH3 is 2. The van der Waals surface area contributed by atoms with Crippen LogP contribution in [0.2, 0.25) is 0 Å². The number of aromatic nitrogens is 1. The Labute approximate surface area is 112 Å². The van der Waals surface area contributed by atoms with Gasteiger partial charge in [0.05, 0.1) is 19.9 Å². The van der Waals surface area contributed by atoms with E-state index < -0.39 is 6.10 Å². The molecular formula is C15H17NO3. The van der Waals surface area contributed by atoms with E-state index in [1.165, 1.54) is 0 Å². The van der Waals surface area contributed by atoms with Crippen LogP contribution in [-0.2, 0) is 0 Å². The fourth-order valence-corrected chi connectivity index (χ4v) is 1.98. The fourth-order valence-electron chi connectivity index (χ4n) is 1.98. The Morgan fingerprint density at radius 1 is 1.16 bits per heavy atom. The maximum Gasteiger partial charge on any atom is 0.125 e. The highest BCUT2D eigenvalue weighted by Crippen LogP contribution is 2.33. The van der Waals surface area contributed by atoms with Crippen LogP contribution >= 0.6 is 0 Å². The van der Waals surface area contributed by atoms with Gasteiger partial charge >= 0.3 is 0 Å². The quantitative estimate of drug-likeness (QED) is 0.916. The van der Waals surface area contributed by atoms with Gasteiger partial charge in [-0.05, 0) is 36.8 Å². The third-order valence-electron chi connectivity index (χ3n) is 3.04. The minimum Gasteiger partial charge on any atom is -0.497 e. The Morgan fingerprint density at radius 2 is 1.95 bits per heavy atom. The van der Waals surface area contributed by atoms with E-state index >= 15 is 0 Å². The highest BCUT2D eigenvalue weighted by molar-refractivity contribution is 5.45. The molecule has 1 heterocycles. The number of benzene rings is 1. The van der Waals surface area contributed by atoms with Gasteiger partial charge in [0.1, 0.15) is 17.6 Å². The monoisotopic (exact) mass is 259 g/mol. The van der Waals surface area contributed by atoms with Crippen LogP contribution in [0.3, 0.4) is 0 Å². The molecule has 2 rings (SSSR count). The van der Waals surface area contributed by atoms with Crippen molar-refractivity contribution >= 4 is 0 Å². The predicted molar refractivity (Wildman–Crippen MR) is 72.6 cm³/mol. The minimum absolute atomic E-state index is 0.610. The zero-order chi connectivity index (χ0) is 13.8. The van der Waals surface area contributed by atoms with Gasteiger partial charge in [-0.1, -0.05) is 6.07 Å². The van der Waals surface area contributed by atoms with Crippen LogP contribution in [0.4, 0.5) is 0 Å². The molecule has 1 aromatic heterocycles. The Morgan fingerprint density at radius 3 is 2.58 bits per heavy atom. The average Bonchev–Trinajstić information content (AvgIpc) is 2.46. The first-order valence-corrected chi connectivity index (χ1v) is 5.99. The van der Waals surface area contributed by atoms with Crippen LogP contribution in [0.5, 0.6) is 11.5 Å². The largest absolute Gasteiger partial charge is 0.497 e. The summed E-state index contributed by atoms with van der Waals surface area (Å²) in [6.07, 6.45) is 0.823. The van der Waals surface area contributed by atoms with E-state index in [-0.39, 0.29) is 0 Å². The van der Waals surface area contributed by atoms with Gasteiger partial charge < -0.3 is 14.6 Å². The number of hydrogen-bond donors (Lipinski definition) is 1. The molecule has 1 atom stereocenters. The Bertz CT molecular complexity index is 569. The van der Waals surface area contributed by atoms with E-state index in [1.807, 2.05) is 19.1 Å². The number of aliphatic hydroxyl groups is 1. The molecule has 0 saturated heterocycles. The van der Waals surface area contributed by atoms with Gasteiger partial charge in [0.25, 0.3) is 0 Å². The molecule has 19 heavy (non-hydrogen) atoms. The molecule has 100 valence electrons. The summed E-state index contributed by atoms with van der Waals surface area (Å²) in [6.45, 7) is 1.91. The van der Waals surface area contributed by atoms with E-state index in [9.17, 15) is 5.11 Å². The molecule has 0 fully saturated rings. The van der Waals surface area contributed by atoms with Gasteiger partial charge in [0.2, 0.25) is 0 Å². The summed E-state index contributed by atoms with van der Waals surface area (Å²) in [5.74, 6) is 1.28. The molecule has 4 heteroatoms. The zero-order valence-corrected chi connectivity index (χ0v) is 11.3. The molecule has 4 nitrogen and oxygen atoms in total. The van der Waals surface area contributed by atoms with Crippen molar-refractivity contribution in [3.63, 3.8) is 0 Å². The summed E-state index contributed by atoms with van der Waals surface area (Å²) in [6, 6.07) is 9.08. The van der Waals surface area contributed by atoms with Crippen molar-refractivity contribution < 1.29 is 14.6 Å². The van der Waals surface area contributed by atoms with E-state index in [0.29, 0.717) is 22.8 Å². The molecule has 0 aliphatic carbocycles. The van der Waals surface area contributed by atoms with Gasteiger partial charge in [0.15, 0.2) is 0 Å². The summed E-state index contributed by atoms with van der Waals surface area (Å²) >= 11 is 0. The lowest BCUT2D eigenvalue weighted by Gasteiger charge is -2.17. The summed E-state index contributed by atoms with van der Waals surface area (Å²) in [7, 11) is 3.16. The first kappa shape index (κ1) is 13.4. The lowest BCUT2D eigenvalue weighted by atomic mass is 10.0. The molecule has 1 unspecified atom stereocenters. The Hall–Kier alpha value is -2.07. The predicted octanol–water partition coefficient (Wildman–Crippen LogP) is 2.49. The smallest absolute Gasteiger partial charge is 0.125 e. The summed E-state index contributed by atoms with van der Waals surface area (Å²) < 4.78 is 10.5. The van der Waals surface area contributed by atoms with Crippen LogP contribution in [0, 0.1) is 6.92 Å². The fraction of sp³-hybridized carbons (Fsp3) is 0.267. The normalized spacial score (nSPS) is 12.0. The summed E-state index contributed by atoms with van der Waals surface area (Å²) in [5, 5.41) is 10.5. The zero-order valence-electron chi connectivity index (χ0n) is 11.3. The van der Waals surface area contributed by atoms with Crippen molar-refractivity contribution in [2.75, 3.05) is 14.2 Å². The third kappa shape index (κ3) is 2.69. The lowest BCUT2D eigenvalue weighted by Crippen LogP contribution is -2.06. The number of nitrogens with zero attached hydrogens (tertiary/aromatic N) is 1. The minimum atomic E-state index is -0.841. The number of ether oxygens (including phenoxy) is 2. The van der Waals surface area contributed by atoms with Crippen molar-refractivity contribution in [2.24, 2.45) is 0 Å². The van der Waals surface area contributed by atoms with E-state index in [2.05, 4.69) is 4.98 Å². The van der Waals surface area contributed by atoms with Crippen molar-refractivity contribution in [1.29, 1.82) is 0 Å². The summed E-state index contributed by atoms with van der Waals surface area (Å²) in [4.78, 5) is 4.24. The maximum atomic E-state index is 10.5. The number of rotatable bonds is 4. The molecular weight excluding hydrogens is 242 g/mol. The Balaban J connectivity index is 2.48. The van der Waals surface area contributed by atoms with Crippen LogP contribution in [0.15, 0.2) is 36.5 Å². The van der Waals surface area contributed by atoms with Crippen LogP contribution in [0.1, 0.15) is 22.9 Å². The number of aliphatic hydroxyl groups excluding tert-OH is 1. The van der Waals surface area contributed by atoms with E-state index in [1.54, 1.807) is 38.6 Å². The SMILES string of the molecule is COc1ccc(OC)c(C(O)c2ncccc2C)c1. The van der Waals surface area contributed by atoms with Crippen molar-refractivity contribution in [1.82, 2.24) is 4.98 Å². The molecule has 0 bridgehead atoms. The second-order valence-corrected chi connectivity index (χ2v) is 4.22. The van der Waals surface area contributed by atoms with E-state index in [0.717, 1.165) is 5.56 Å². The van der Waals surface area contributed by atoms with Gasteiger partial charge in [-0.2, -0.15) is 0 Å². The second-order valence-electron chi connectivity index (χ2n) is 4.22. The van der Waals surface area contributed by atoms with E-state index in [4.69, 9.17) is 9.47 Å². The topological polar surface area (TPSA) is 51.6 Å². The summed E-state index contributed by atoms with van der Waals surface area (Å²) in [5.41, 5.74) is 2.19. The van der Waals surface area contributed by atoms with Gasteiger partial charge in [0, 0.05) is 11.8 Å². The van der Waals surface area contributed by atoms with Gasteiger partial charge in [-0.25, -0.2) is 0 Å². The Kier molecular flexibility index (Phi) is 4.02. The number of pyridine rings is 1. The first-order valence-electron chi connectivity index (χ1n) is 5.99. The van der Waals surface area contributed by atoms with Crippen LogP contribution in [0.25, 0.3) is 0 Å². The number of aryl methyl sites for hydroxylation is 1. The molecule has 0 aliphatic heterocycles. The average molecular weight is 259 g/mol. The van der Waals surface area contributed by atoms with Gasteiger partial charge in [-0.15, -0.1) is 0 Å². The van der Waals surface area contributed by atoms with Crippen LogP contribution in [-0.4, -0.2) is 24.3 Å². The van der Waals surface area contributed by atoms with Crippen molar-refractivity contribution in [3.05, 3.63) is 53.3 Å². The molecule has 0 radical (unpaired) electrons. The standard InChI is InChI=1S/C15H17NO3/c1-10-5-4-8-16-14(10)15(17)12-9-11(18-2)6-7-13(12)19-3/h4-9,15,17H,1-3H3. The molecule has 0 spiro atoms.